The average Bonchev–Trinajstić information content (AvgIpc) is 2.16. The Bertz CT molecular complexity index is 184. The van der Waals surface area contributed by atoms with Crippen LogP contribution in [0.5, 0.6) is 0 Å². The Morgan fingerprint density at radius 1 is 1.69 bits per heavy atom. The second-order valence-corrected chi connectivity index (χ2v) is 3.46. The number of ether oxygens (including phenoxy) is 1. The normalized spacial score (nSPS) is 25.8. The Hall–Kier alpha value is -0.610. The quantitative estimate of drug-likeness (QED) is 0.651. The third kappa shape index (κ3) is 2.42. The Balaban J connectivity index is 2.53. The van der Waals surface area contributed by atoms with Gasteiger partial charge in [-0.2, -0.15) is 0 Å². The zero-order valence-electron chi connectivity index (χ0n) is 8.54. The summed E-state index contributed by atoms with van der Waals surface area (Å²) in [6.07, 6.45) is -0.319. The van der Waals surface area contributed by atoms with Crippen molar-refractivity contribution in [1.29, 1.82) is 0 Å². The fourth-order valence-corrected chi connectivity index (χ4v) is 1.50. The molecule has 0 aromatic carbocycles. The molecule has 0 aromatic rings. The van der Waals surface area contributed by atoms with Crippen molar-refractivity contribution in [2.24, 2.45) is 0 Å². The maximum Gasteiger partial charge on any atom is 0.251 e. The highest BCUT2D eigenvalue weighted by Gasteiger charge is 2.26. The van der Waals surface area contributed by atoms with E-state index in [4.69, 9.17) is 4.74 Å². The fourth-order valence-electron chi connectivity index (χ4n) is 1.50. The first-order chi connectivity index (χ1) is 6.16. The van der Waals surface area contributed by atoms with Crippen LogP contribution in [0.4, 0.5) is 0 Å². The first-order valence-corrected chi connectivity index (χ1v) is 4.70. The number of rotatable bonds is 2. The highest BCUT2D eigenvalue weighted by atomic mass is 16.5. The number of methoxy groups -OCH3 is 1. The van der Waals surface area contributed by atoms with Crippen molar-refractivity contribution >= 4 is 5.91 Å². The molecule has 4 heteroatoms. The molecule has 0 bridgehead atoms. The number of piperazine rings is 1. The molecule has 1 amide bonds. The standard InChI is InChI=1S/C9H18N2O2/c1-7-6-10-4-5-11(7)9(12)8(2)13-3/h7-8,10H,4-6H2,1-3H3. The fraction of sp³-hybridized carbons (Fsp3) is 0.889. The molecule has 0 spiro atoms. The lowest BCUT2D eigenvalue weighted by Gasteiger charge is -2.35. The van der Waals surface area contributed by atoms with Crippen molar-refractivity contribution in [3.8, 4) is 0 Å². The summed E-state index contributed by atoms with van der Waals surface area (Å²) in [5.74, 6) is 0.0940. The van der Waals surface area contributed by atoms with E-state index in [1.54, 1.807) is 14.0 Å². The zero-order chi connectivity index (χ0) is 9.84. The Morgan fingerprint density at radius 3 is 2.92 bits per heavy atom. The van der Waals surface area contributed by atoms with E-state index in [0.717, 1.165) is 19.6 Å². The molecule has 1 aliphatic rings. The second kappa shape index (κ2) is 4.58. The topological polar surface area (TPSA) is 41.6 Å². The summed E-state index contributed by atoms with van der Waals surface area (Å²) in [6, 6.07) is 0.277. The predicted molar refractivity (Wildman–Crippen MR) is 50.5 cm³/mol. The van der Waals surface area contributed by atoms with Gasteiger partial charge in [-0.3, -0.25) is 4.79 Å². The van der Waals surface area contributed by atoms with Crippen molar-refractivity contribution in [2.45, 2.75) is 26.0 Å². The van der Waals surface area contributed by atoms with Crippen LogP contribution in [0, 0.1) is 0 Å². The molecule has 1 rings (SSSR count). The lowest BCUT2D eigenvalue weighted by atomic mass is 10.2. The molecule has 2 unspecified atom stereocenters. The number of hydrogen-bond donors (Lipinski definition) is 1. The average molecular weight is 186 g/mol. The van der Waals surface area contributed by atoms with Gasteiger partial charge >= 0.3 is 0 Å². The van der Waals surface area contributed by atoms with Gasteiger partial charge in [0.15, 0.2) is 0 Å². The summed E-state index contributed by atoms with van der Waals surface area (Å²) >= 11 is 0. The first-order valence-electron chi connectivity index (χ1n) is 4.70. The monoisotopic (exact) mass is 186 g/mol. The van der Waals surface area contributed by atoms with Crippen LogP contribution in [0.1, 0.15) is 13.8 Å². The van der Waals surface area contributed by atoms with Crippen LogP contribution in [0.15, 0.2) is 0 Å². The van der Waals surface area contributed by atoms with Gasteiger partial charge in [0.25, 0.3) is 5.91 Å². The van der Waals surface area contributed by atoms with Crippen molar-refractivity contribution in [2.75, 3.05) is 26.7 Å². The number of carbonyl (C=O) groups is 1. The lowest BCUT2D eigenvalue weighted by molar-refractivity contribution is -0.143. The predicted octanol–water partition coefficient (Wildman–Crippen LogP) is -0.158. The minimum Gasteiger partial charge on any atom is -0.372 e. The van der Waals surface area contributed by atoms with Gasteiger partial charge < -0.3 is 15.0 Å². The molecule has 1 N–H and O–H groups in total. The third-order valence-electron chi connectivity index (χ3n) is 2.49. The maximum absolute atomic E-state index is 11.7. The minimum absolute atomic E-state index is 0.0940. The van der Waals surface area contributed by atoms with Crippen LogP contribution < -0.4 is 5.32 Å². The largest absolute Gasteiger partial charge is 0.372 e. The summed E-state index contributed by atoms with van der Waals surface area (Å²) in [5, 5.41) is 3.24. The van der Waals surface area contributed by atoms with Crippen LogP contribution >= 0.6 is 0 Å². The number of nitrogens with zero attached hydrogens (tertiary/aromatic N) is 1. The molecule has 13 heavy (non-hydrogen) atoms. The lowest BCUT2D eigenvalue weighted by Crippen LogP contribution is -2.54. The van der Waals surface area contributed by atoms with E-state index >= 15 is 0 Å². The number of nitrogens with one attached hydrogen (secondary N) is 1. The summed E-state index contributed by atoms with van der Waals surface area (Å²) in [4.78, 5) is 13.6. The zero-order valence-corrected chi connectivity index (χ0v) is 8.54. The molecule has 4 nitrogen and oxygen atoms in total. The molecule has 0 aromatic heterocycles. The number of amides is 1. The molecular formula is C9H18N2O2. The van der Waals surface area contributed by atoms with E-state index in [2.05, 4.69) is 5.32 Å². The number of carbonyl (C=O) groups excluding carboxylic acids is 1. The minimum atomic E-state index is -0.319. The second-order valence-electron chi connectivity index (χ2n) is 3.46. The summed E-state index contributed by atoms with van der Waals surface area (Å²) in [6.45, 7) is 6.38. The van der Waals surface area contributed by atoms with Crippen molar-refractivity contribution in [3.05, 3.63) is 0 Å². The van der Waals surface area contributed by atoms with E-state index < -0.39 is 0 Å². The number of hydrogen-bond acceptors (Lipinski definition) is 3. The van der Waals surface area contributed by atoms with Gasteiger partial charge in [0.2, 0.25) is 0 Å². The van der Waals surface area contributed by atoms with Crippen LogP contribution in [-0.4, -0.2) is 49.7 Å². The van der Waals surface area contributed by atoms with E-state index in [0.29, 0.717) is 0 Å². The summed E-state index contributed by atoms with van der Waals surface area (Å²) in [5.41, 5.74) is 0. The molecule has 0 saturated carbocycles. The SMILES string of the molecule is COC(C)C(=O)N1CCNCC1C. The van der Waals surface area contributed by atoms with Crippen molar-refractivity contribution in [1.82, 2.24) is 10.2 Å². The molecule has 2 atom stereocenters. The van der Waals surface area contributed by atoms with E-state index in [-0.39, 0.29) is 18.1 Å². The Labute approximate surface area is 79.2 Å². The molecule has 76 valence electrons. The van der Waals surface area contributed by atoms with E-state index in [1.165, 1.54) is 0 Å². The van der Waals surface area contributed by atoms with Gasteiger partial charge in [-0.25, -0.2) is 0 Å². The van der Waals surface area contributed by atoms with E-state index in [9.17, 15) is 4.79 Å². The molecule has 0 radical (unpaired) electrons. The Morgan fingerprint density at radius 2 is 2.38 bits per heavy atom. The molecule has 1 fully saturated rings. The van der Waals surface area contributed by atoms with Gasteiger partial charge in [-0.1, -0.05) is 0 Å². The van der Waals surface area contributed by atoms with E-state index in [1.807, 2.05) is 11.8 Å². The third-order valence-corrected chi connectivity index (χ3v) is 2.49. The van der Waals surface area contributed by atoms with Crippen molar-refractivity contribution in [3.63, 3.8) is 0 Å². The van der Waals surface area contributed by atoms with Gasteiger partial charge in [-0.05, 0) is 13.8 Å². The summed E-state index contributed by atoms with van der Waals surface area (Å²) < 4.78 is 5.00. The molecule has 1 saturated heterocycles. The molecular weight excluding hydrogens is 168 g/mol. The Kier molecular flexibility index (Phi) is 3.69. The maximum atomic E-state index is 11.7. The van der Waals surface area contributed by atoms with Gasteiger partial charge in [-0.15, -0.1) is 0 Å². The highest BCUT2D eigenvalue weighted by Crippen LogP contribution is 2.06. The van der Waals surface area contributed by atoms with Gasteiger partial charge in [0.1, 0.15) is 6.10 Å². The van der Waals surface area contributed by atoms with Crippen LogP contribution in [0.3, 0.4) is 0 Å². The summed E-state index contributed by atoms with van der Waals surface area (Å²) in [7, 11) is 1.56. The van der Waals surface area contributed by atoms with Crippen LogP contribution in [0.2, 0.25) is 0 Å². The molecule has 1 heterocycles. The highest BCUT2D eigenvalue weighted by molar-refractivity contribution is 5.80. The van der Waals surface area contributed by atoms with Gasteiger partial charge in [0.05, 0.1) is 0 Å². The van der Waals surface area contributed by atoms with Crippen LogP contribution in [0.25, 0.3) is 0 Å². The smallest absolute Gasteiger partial charge is 0.251 e. The molecule has 0 aliphatic carbocycles. The van der Waals surface area contributed by atoms with Crippen molar-refractivity contribution < 1.29 is 9.53 Å². The first kappa shape index (κ1) is 10.5. The molecule has 1 aliphatic heterocycles. The van der Waals surface area contributed by atoms with Gasteiger partial charge in [0, 0.05) is 32.8 Å². The van der Waals surface area contributed by atoms with Crippen LogP contribution in [-0.2, 0) is 9.53 Å².